The summed E-state index contributed by atoms with van der Waals surface area (Å²) >= 11 is 0. The zero-order chi connectivity index (χ0) is 18.4. The van der Waals surface area contributed by atoms with Crippen molar-refractivity contribution in [1.29, 1.82) is 0 Å². The Morgan fingerprint density at radius 2 is 1.84 bits per heavy atom. The largest absolute Gasteiger partial charge is 0.497 e. The average molecular weight is 348 g/mol. The summed E-state index contributed by atoms with van der Waals surface area (Å²) < 4.78 is 33.2. The van der Waals surface area contributed by atoms with Crippen LogP contribution in [0.4, 0.5) is 8.78 Å². The van der Waals surface area contributed by atoms with Crippen LogP contribution >= 0.6 is 0 Å². The van der Waals surface area contributed by atoms with Crippen molar-refractivity contribution in [2.45, 2.75) is 12.3 Å². The monoisotopic (exact) mass is 348 g/mol. The zero-order valence-corrected chi connectivity index (χ0v) is 13.6. The molecule has 2 amide bonds. The van der Waals surface area contributed by atoms with E-state index in [1.165, 1.54) is 19.2 Å². The van der Waals surface area contributed by atoms with Gasteiger partial charge in [-0.15, -0.1) is 0 Å². The zero-order valence-electron chi connectivity index (χ0n) is 13.6. The van der Waals surface area contributed by atoms with Crippen molar-refractivity contribution in [2.75, 3.05) is 13.7 Å². The third-order valence-corrected chi connectivity index (χ3v) is 3.65. The smallest absolute Gasteiger partial charge is 0.349 e. The fraction of sp³-hybridized carbons (Fsp3) is 0.222. The lowest BCUT2D eigenvalue weighted by Crippen LogP contribution is -2.39. The van der Waals surface area contributed by atoms with Crippen LogP contribution in [-0.2, 0) is 17.1 Å². The molecule has 0 radical (unpaired) electrons. The van der Waals surface area contributed by atoms with Gasteiger partial charge in [-0.2, -0.15) is 8.78 Å². The molecule has 0 atom stereocenters. The number of alkyl halides is 2. The van der Waals surface area contributed by atoms with Crippen molar-refractivity contribution in [3.8, 4) is 5.75 Å². The van der Waals surface area contributed by atoms with Crippen LogP contribution in [0.1, 0.15) is 21.5 Å². The highest BCUT2D eigenvalue weighted by atomic mass is 19.3. The molecule has 0 unspecified atom stereocenters. The molecule has 0 bridgehead atoms. The van der Waals surface area contributed by atoms with E-state index in [4.69, 9.17) is 10.5 Å². The number of hydrogen-bond acceptors (Lipinski definition) is 3. The Kier molecular flexibility index (Phi) is 5.69. The lowest BCUT2D eigenvalue weighted by atomic mass is 10.1. The number of hydrogen-bond donors (Lipinski definition) is 2. The Morgan fingerprint density at radius 3 is 2.44 bits per heavy atom. The van der Waals surface area contributed by atoms with Crippen LogP contribution in [0.5, 0.6) is 5.75 Å². The van der Waals surface area contributed by atoms with Crippen molar-refractivity contribution in [2.24, 2.45) is 5.73 Å². The molecule has 2 aromatic rings. The third kappa shape index (κ3) is 4.53. The number of rotatable bonds is 7. The van der Waals surface area contributed by atoms with Crippen LogP contribution in [0, 0.1) is 0 Å². The molecular formula is C18H18F2N2O3. The van der Waals surface area contributed by atoms with E-state index in [1.807, 2.05) is 0 Å². The number of primary amides is 1. The van der Waals surface area contributed by atoms with Gasteiger partial charge in [-0.1, -0.05) is 12.1 Å². The minimum Gasteiger partial charge on any atom is -0.497 e. The summed E-state index contributed by atoms with van der Waals surface area (Å²) in [6, 6.07) is 11.5. The number of carbonyl (C=O) groups is 2. The summed E-state index contributed by atoms with van der Waals surface area (Å²) in [5.74, 6) is -5.18. The van der Waals surface area contributed by atoms with Gasteiger partial charge in [0, 0.05) is 17.7 Å². The highest BCUT2D eigenvalue weighted by Gasteiger charge is 2.40. The molecule has 0 aliphatic carbocycles. The van der Waals surface area contributed by atoms with Crippen LogP contribution < -0.4 is 15.8 Å². The molecule has 3 N–H and O–H groups in total. The summed E-state index contributed by atoms with van der Waals surface area (Å²) in [5, 5.41) is 2.21. The fourth-order valence-corrected chi connectivity index (χ4v) is 2.24. The number of nitrogens with two attached hydrogens (primary N) is 1. The maximum absolute atomic E-state index is 14.2. The first-order chi connectivity index (χ1) is 11.8. The molecular weight excluding hydrogens is 330 g/mol. The van der Waals surface area contributed by atoms with Crippen LogP contribution in [0.3, 0.4) is 0 Å². The number of nitrogens with one attached hydrogen (secondary N) is 1. The van der Waals surface area contributed by atoms with Crippen LogP contribution in [0.25, 0.3) is 0 Å². The molecule has 5 nitrogen and oxygen atoms in total. The molecule has 25 heavy (non-hydrogen) atoms. The maximum atomic E-state index is 14.2. The lowest BCUT2D eigenvalue weighted by Gasteiger charge is -2.16. The van der Waals surface area contributed by atoms with Gasteiger partial charge in [0.05, 0.1) is 7.11 Å². The van der Waals surface area contributed by atoms with Crippen molar-refractivity contribution in [3.63, 3.8) is 0 Å². The fourth-order valence-electron chi connectivity index (χ4n) is 2.24. The summed E-state index contributed by atoms with van der Waals surface area (Å²) in [5.41, 5.74) is 5.81. The van der Waals surface area contributed by atoms with E-state index in [2.05, 4.69) is 5.32 Å². The topological polar surface area (TPSA) is 81.4 Å². The molecule has 0 aliphatic rings. The Hall–Kier alpha value is -2.96. The average Bonchev–Trinajstić information content (AvgIpc) is 2.61. The van der Waals surface area contributed by atoms with Crippen molar-refractivity contribution in [3.05, 3.63) is 65.2 Å². The van der Waals surface area contributed by atoms with Gasteiger partial charge in [0.25, 0.3) is 5.91 Å². The van der Waals surface area contributed by atoms with E-state index in [9.17, 15) is 18.4 Å². The molecule has 2 rings (SSSR count). The molecule has 0 spiro atoms. The molecule has 0 aliphatic heterocycles. The van der Waals surface area contributed by atoms with Gasteiger partial charge in [0.1, 0.15) is 5.75 Å². The Morgan fingerprint density at radius 1 is 1.16 bits per heavy atom. The van der Waals surface area contributed by atoms with Crippen molar-refractivity contribution < 1.29 is 23.1 Å². The van der Waals surface area contributed by atoms with E-state index in [0.29, 0.717) is 23.3 Å². The quantitative estimate of drug-likeness (QED) is 0.805. The third-order valence-electron chi connectivity index (χ3n) is 3.65. The van der Waals surface area contributed by atoms with Gasteiger partial charge in [0.2, 0.25) is 5.91 Å². The van der Waals surface area contributed by atoms with Gasteiger partial charge in [-0.25, -0.2) is 0 Å². The van der Waals surface area contributed by atoms with Crippen LogP contribution in [0.2, 0.25) is 0 Å². The van der Waals surface area contributed by atoms with Gasteiger partial charge in [0.15, 0.2) is 0 Å². The summed E-state index contributed by atoms with van der Waals surface area (Å²) in [4.78, 5) is 22.9. The van der Waals surface area contributed by atoms with E-state index in [1.54, 1.807) is 24.3 Å². The summed E-state index contributed by atoms with van der Waals surface area (Å²) in [6.07, 6.45) is 0.297. The second kappa shape index (κ2) is 7.74. The Bertz CT molecular complexity index is 761. The number of amides is 2. The Labute approximate surface area is 143 Å². The first-order valence-corrected chi connectivity index (χ1v) is 7.54. The van der Waals surface area contributed by atoms with Gasteiger partial charge in [-0.3, -0.25) is 9.59 Å². The van der Waals surface area contributed by atoms with Gasteiger partial charge < -0.3 is 15.8 Å². The van der Waals surface area contributed by atoms with Crippen LogP contribution in [0.15, 0.2) is 48.5 Å². The molecule has 2 aromatic carbocycles. The summed E-state index contributed by atoms with van der Waals surface area (Å²) in [6.45, 7) is 0.00674. The molecule has 0 saturated heterocycles. The minimum absolute atomic E-state index is 0.00674. The molecule has 0 fully saturated rings. The molecule has 0 heterocycles. The van der Waals surface area contributed by atoms with E-state index >= 15 is 0 Å². The van der Waals surface area contributed by atoms with Gasteiger partial charge in [-0.05, 0) is 48.4 Å². The maximum Gasteiger partial charge on any atom is 0.349 e. The standard InChI is InChI=1S/C18H18F2N2O3/c1-25-15-7-5-14(6-8-15)18(19,20)17(24)22-10-9-12-3-2-4-13(11-12)16(21)23/h2-8,11H,9-10H2,1H3,(H2,21,23)(H,22,24). The predicted molar refractivity (Wildman–Crippen MR) is 88.6 cm³/mol. The van der Waals surface area contributed by atoms with Crippen molar-refractivity contribution in [1.82, 2.24) is 5.32 Å². The lowest BCUT2D eigenvalue weighted by molar-refractivity contribution is -0.146. The second-order valence-electron chi connectivity index (χ2n) is 5.37. The summed E-state index contributed by atoms with van der Waals surface area (Å²) in [7, 11) is 1.42. The highest BCUT2D eigenvalue weighted by Crippen LogP contribution is 2.29. The number of halogens is 2. The molecule has 132 valence electrons. The SMILES string of the molecule is COc1ccc(C(F)(F)C(=O)NCCc2cccc(C(N)=O)c2)cc1. The first kappa shape index (κ1) is 18.4. The number of benzene rings is 2. The second-order valence-corrected chi connectivity index (χ2v) is 5.37. The molecule has 7 heteroatoms. The number of carbonyl (C=O) groups excluding carboxylic acids is 2. The van der Waals surface area contributed by atoms with Gasteiger partial charge >= 0.3 is 5.92 Å². The van der Waals surface area contributed by atoms with E-state index in [0.717, 1.165) is 12.1 Å². The van der Waals surface area contributed by atoms with E-state index < -0.39 is 23.3 Å². The number of ether oxygens (including phenoxy) is 1. The van der Waals surface area contributed by atoms with E-state index in [-0.39, 0.29) is 6.54 Å². The molecule has 0 aromatic heterocycles. The highest BCUT2D eigenvalue weighted by molar-refractivity contribution is 5.92. The predicted octanol–water partition coefficient (Wildman–Crippen LogP) is 2.24. The normalized spacial score (nSPS) is 11.0. The minimum atomic E-state index is -3.65. The molecule has 0 saturated carbocycles. The van der Waals surface area contributed by atoms with Crippen molar-refractivity contribution >= 4 is 11.8 Å². The Balaban J connectivity index is 1.96. The number of methoxy groups -OCH3 is 1. The van der Waals surface area contributed by atoms with Crippen LogP contribution in [-0.4, -0.2) is 25.5 Å². The first-order valence-electron chi connectivity index (χ1n) is 7.54.